The second-order valence-electron chi connectivity index (χ2n) is 6.21. The molecule has 1 unspecified atom stereocenters. The molecule has 0 bridgehead atoms. The molecule has 0 aromatic heterocycles. The number of carbonyl (C=O) groups excluding carboxylic acids is 1. The van der Waals surface area contributed by atoms with Gasteiger partial charge in [-0.3, -0.25) is 4.79 Å². The van der Waals surface area contributed by atoms with Crippen LogP contribution in [0, 0.1) is 6.92 Å². The standard InChI is InChI=1S/C20H23NO4/c1-14-2-4-15(5-3-14)6-9-20(23)21-13-17(22)16-7-8-18-19(12-16)25-11-10-24-18/h2-5,7-8,12,17,22H,6,9-11,13H2,1H3,(H,21,23). The highest BCUT2D eigenvalue weighted by atomic mass is 16.6. The highest BCUT2D eigenvalue weighted by molar-refractivity contribution is 5.76. The van der Waals surface area contributed by atoms with Crippen molar-refractivity contribution in [2.45, 2.75) is 25.9 Å². The predicted molar refractivity (Wildman–Crippen MR) is 94.9 cm³/mol. The molecule has 0 radical (unpaired) electrons. The lowest BCUT2D eigenvalue weighted by molar-refractivity contribution is -0.121. The number of carbonyl (C=O) groups is 1. The van der Waals surface area contributed by atoms with Crippen molar-refractivity contribution in [3.05, 3.63) is 59.2 Å². The number of ether oxygens (including phenoxy) is 2. The molecule has 2 aromatic carbocycles. The SMILES string of the molecule is Cc1ccc(CCC(=O)NCC(O)c2ccc3c(c2)OCCO3)cc1. The molecule has 1 aliphatic heterocycles. The summed E-state index contributed by atoms with van der Waals surface area (Å²) in [5.41, 5.74) is 3.03. The van der Waals surface area contributed by atoms with Crippen molar-refractivity contribution < 1.29 is 19.4 Å². The van der Waals surface area contributed by atoms with Crippen molar-refractivity contribution in [3.63, 3.8) is 0 Å². The summed E-state index contributed by atoms with van der Waals surface area (Å²) in [5, 5.41) is 13.1. The van der Waals surface area contributed by atoms with Gasteiger partial charge < -0.3 is 19.9 Å². The summed E-state index contributed by atoms with van der Waals surface area (Å²) < 4.78 is 11.0. The summed E-state index contributed by atoms with van der Waals surface area (Å²) in [5.74, 6) is 1.25. The third kappa shape index (κ3) is 4.73. The van der Waals surface area contributed by atoms with Crippen LogP contribution in [-0.4, -0.2) is 30.8 Å². The summed E-state index contributed by atoms with van der Waals surface area (Å²) in [6, 6.07) is 13.5. The number of hydrogen-bond donors (Lipinski definition) is 2. The van der Waals surface area contributed by atoms with Gasteiger partial charge in [-0.25, -0.2) is 0 Å². The Morgan fingerprint density at radius 2 is 1.84 bits per heavy atom. The van der Waals surface area contributed by atoms with E-state index in [2.05, 4.69) is 5.32 Å². The van der Waals surface area contributed by atoms with Crippen molar-refractivity contribution in [3.8, 4) is 11.5 Å². The smallest absolute Gasteiger partial charge is 0.220 e. The van der Waals surface area contributed by atoms with Crippen LogP contribution in [-0.2, 0) is 11.2 Å². The number of rotatable bonds is 6. The van der Waals surface area contributed by atoms with E-state index in [0.717, 1.165) is 5.56 Å². The van der Waals surface area contributed by atoms with Gasteiger partial charge in [0.2, 0.25) is 5.91 Å². The summed E-state index contributed by atoms with van der Waals surface area (Å²) in [7, 11) is 0. The number of fused-ring (bicyclic) bond motifs is 1. The van der Waals surface area contributed by atoms with E-state index >= 15 is 0 Å². The number of aryl methyl sites for hydroxylation is 2. The van der Waals surface area contributed by atoms with Crippen LogP contribution in [0.4, 0.5) is 0 Å². The lowest BCUT2D eigenvalue weighted by Gasteiger charge is -2.20. The fourth-order valence-electron chi connectivity index (χ4n) is 2.70. The largest absolute Gasteiger partial charge is 0.486 e. The monoisotopic (exact) mass is 341 g/mol. The predicted octanol–water partition coefficient (Wildman–Crippen LogP) is 2.55. The average molecular weight is 341 g/mol. The van der Waals surface area contributed by atoms with E-state index in [1.54, 1.807) is 18.2 Å². The van der Waals surface area contributed by atoms with Crippen molar-refractivity contribution in [1.29, 1.82) is 0 Å². The molecule has 5 heteroatoms. The molecule has 0 saturated heterocycles. The van der Waals surface area contributed by atoms with Crippen LogP contribution in [0.25, 0.3) is 0 Å². The van der Waals surface area contributed by atoms with E-state index in [-0.39, 0.29) is 12.5 Å². The second kappa shape index (κ2) is 8.03. The summed E-state index contributed by atoms with van der Waals surface area (Å²) >= 11 is 0. The van der Waals surface area contributed by atoms with Gasteiger partial charge in [-0.05, 0) is 36.6 Å². The van der Waals surface area contributed by atoms with Crippen LogP contribution >= 0.6 is 0 Å². The minimum absolute atomic E-state index is 0.0721. The molecule has 25 heavy (non-hydrogen) atoms. The molecule has 0 spiro atoms. The Kier molecular flexibility index (Phi) is 5.56. The van der Waals surface area contributed by atoms with Gasteiger partial charge >= 0.3 is 0 Å². The van der Waals surface area contributed by atoms with Gasteiger partial charge in [0.1, 0.15) is 13.2 Å². The van der Waals surface area contributed by atoms with Crippen LogP contribution in [0.5, 0.6) is 11.5 Å². The van der Waals surface area contributed by atoms with Gasteiger partial charge in [-0.2, -0.15) is 0 Å². The lowest BCUT2D eigenvalue weighted by Crippen LogP contribution is -2.28. The Morgan fingerprint density at radius 3 is 2.60 bits per heavy atom. The van der Waals surface area contributed by atoms with Crippen molar-refractivity contribution >= 4 is 5.91 Å². The Labute approximate surface area is 147 Å². The first-order chi connectivity index (χ1) is 12.1. The van der Waals surface area contributed by atoms with Crippen LogP contribution in [0.3, 0.4) is 0 Å². The maximum atomic E-state index is 12.0. The molecule has 5 nitrogen and oxygen atoms in total. The normalized spacial score (nSPS) is 14.0. The quantitative estimate of drug-likeness (QED) is 0.847. The van der Waals surface area contributed by atoms with E-state index in [9.17, 15) is 9.90 Å². The topological polar surface area (TPSA) is 67.8 Å². The number of amides is 1. The van der Waals surface area contributed by atoms with E-state index in [1.807, 2.05) is 31.2 Å². The zero-order valence-electron chi connectivity index (χ0n) is 14.3. The molecule has 132 valence electrons. The van der Waals surface area contributed by atoms with Gasteiger partial charge in [0, 0.05) is 13.0 Å². The zero-order chi connectivity index (χ0) is 17.6. The minimum atomic E-state index is -0.779. The highest BCUT2D eigenvalue weighted by Crippen LogP contribution is 2.32. The van der Waals surface area contributed by atoms with Crippen molar-refractivity contribution in [1.82, 2.24) is 5.32 Å². The molecular formula is C20H23NO4. The molecule has 1 aliphatic rings. The summed E-state index contributed by atoms with van der Waals surface area (Å²) in [4.78, 5) is 12.0. The zero-order valence-corrected chi connectivity index (χ0v) is 14.3. The van der Waals surface area contributed by atoms with Gasteiger partial charge in [-0.1, -0.05) is 35.9 Å². The molecular weight excluding hydrogens is 318 g/mol. The Hall–Kier alpha value is -2.53. The summed E-state index contributed by atoms with van der Waals surface area (Å²) in [6.07, 6.45) is 0.308. The molecule has 2 N–H and O–H groups in total. The third-order valence-corrected chi connectivity index (χ3v) is 4.20. The molecule has 0 saturated carbocycles. The van der Waals surface area contributed by atoms with Crippen molar-refractivity contribution in [2.24, 2.45) is 0 Å². The number of aliphatic hydroxyl groups excluding tert-OH is 1. The van der Waals surface area contributed by atoms with Crippen LogP contribution in [0.1, 0.15) is 29.2 Å². The minimum Gasteiger partial charge on any atom is -0.486 e. The fraction of sp³-hybridized carbons (Fsp3) is 0.350. The molecule has 3 rings (SSSR count). The number of nitrogens with one attached hydrogen (secondary N) is 1. The van der Waals surface area contributed by atoms with E-state index in [0.29, 0.717) is 43.1 Å². The maximum absolute atomic E-state index is 12.0. The van der Waals surface area contributed by atoms with Gasteiger partial charge in [-0.15, -0.1) is 0 Å². The maximum Gasteiger partial charge on any atom is 0.220 e. The molecule has 1 heterocycles. The highest BCUT2D eigenvalue weighted by Gasteiger charge is 2.16. The Balaban J connectivity index is 1.47. The molecule has 0 fully saturated rings. The Morgan fingerprint density at radius 1 is 1.12 bits per heavy atom. The van der Waals surface area contributed by atoms with Crippen LogP contribution in [0.2, 0.25) is 0 Å². The lowest BCUT2D eigenvalue weighted by atomic mass is 10.1. The molecule has 1 atom stereocenters. The van der Waals surface area contributed by atoms with Crippen LogP contribution < -0.4 is 14.8 Å². The number of hydrogen-bond acceptors (Lipinski definition) is 4. The molecule has 2 aromatic rings. The van der Waals surface area contributed by atoms with Gasteiger partial charge in [0.05, 0.1) is 6.10 Å². The van der Waals surface area contributed by atoms with Crippen molar-refractivity contribution in [2.75, 3.05) is 19.8 Å². The number of aliphatic hydroxyl groups is 1. The van der Waals surface area contributed by atoms with Gasteiger partial charge in [0.15, 0.2) is 11.5 Å². The first-order valence-corrected chi connectivity index (χ1v) is 8.51. The number of benzene rings is 2. The Bertz CT molecular complexity index is 727. The third-order valence-electron chi connectivity index (χ3n) is 4.20. The van der Waals surface area contributed by atoms with Crippen LogP contribution in [0.15, 0.2) is 42.5 Å². The first kappa shape index (κ1) is 17.3. The first-order valence-electron chi connectivity index (χ1n) is 8.51. The summed E-state index contributed by atoms with van der Waals surface area (Å²) in [6.45, 7) is 3.25. The molecule has 0 aliphatic carbocycles. The molecule has 1 amide bonds. The van der Waals surface area contributed by atoms with E-state index in [1.165, 1.54) is 5.56 Å². The van der Waals surface area contributed by atoms with E-state index < -0.39 is 6.10 Å². The van der Waals surface area contributed by atoms with Gasteiger partial charge in [0.25, 0.3) is 0 Å². The fourth-order valence-corrected chi connectivity index (χ4v) is 2.70. The van der Waals surface area contributed by atoms with E-state index in [4.69, 9.17) is 9.47 Å². The average Bonchev–Trinajstić information content (AvgIpc) is 2.65. The second-order valence-corrected chi connectivity index (χ2v) is 6.21.